The maximum absolute atomic E-state index is 5.21. The molecule has 4 aromatic heterocycles. The van der Waals surface area contributed by atoms with Crippen LogP contribution in [0.1, 0.15) is 0 Å². The van der Waals surface area contributed by atoms with Gasteiger partial charge in [-0.25, -0.2) is 4.98 Å². The van der Waals surface area contributed by atoms with Crippen molar-refractivity contribution in [2.24, 2.45) is 0 Å². The van der Waals surface area contributed by atoms with Crippen LogP contribution in [0.5, 0.6) is 0 Å². The van der Waals surface area contributed by atoms with E-state index in [0.717, 1.165) is 77.0 Å². The van der Waals surface area contributed by atoms with Gasteiger partial charge < -0.3 is 0 Å². The van der Waals surface area contributed by atoms with Gasteiger partial charge in [0, 0.05) is 57.5 Å². The van der Waals surface area contributed by atoms with E-state index in [0.29, 0.717) is 0 Å². The molecule has 4 heterocycles. The van der Waals surface area contributed by atoms with E-state index in [4.69, 9.17) is 15.0 Å². The summed E-state index contributed by atoms with van der Waals surface area (Å²) in [6.07, 6.45) is 7.38. The summed E-state index contributed by atoms with van der Waals surface area (Å²) in [6, 6.07) is 38.2. The molecule has 0 aliphatic rings. The van der Waals surface area contributed by atoms with Crippen LogP contribution in [-0.2, 0) is 0 Å². The minimum Gasteiger partial charge on any atom is -0.264 e. The van der Waals surface area contributed by atoms with Crippen LogP contribution in [0.4, 0.5) is 0 Å². The highest BCUT2D eigenvalue weighted by Crippen LogP contribution is 2.40. The van der Waals surface area contributed by atoms with Gasteiger partial charge >= 0.3 is 0 Å². The van der Waals surface area contributed by atoms with E-state index in [-0.39, 0.29) is 0 Å². The van der Waals surface area contributed by atoms with Crippen LogP contribution < -0.4 is 0 Å². The first-order valence-electron chi connectivity index (χ1n) is 13.3. The molecule has 0 fully saturated rings. The van der Waals surface area contributed by atoms with Crippen molar-refractivity contribution in [3.63, 3.8) is 0 Å². The van der Waals surface area contributed by atoms with Crippen LogP contribution in [0.25, 0.3) is 77.0 Å². The first kappa shape index (κ1) is 22.5. The zero-order valence-electron chi connectivity index (χ0n) is 21.5. The summed E-state index contributed by atoms with van der Waals surface area (Å²) in [7, 11) is 0. The van der Waals surface area contributed by atoms with E-state index in [1.807, 2.05) is 36.8 Å². The van der Waals surface area contributed by atoms with Crippen LogP contribution in [-0.4, -0.2) is 19.9 Å². The standard InChI is InChI=1S/C36H22N4/c1-6-25(20-27(8-1)29-12-3-17-37-22-29)26-7-2-9-28(21-26)32-30-15-13-23-10-4-18-38-33(23)35(30)40-36-31(32)16-14-24-11-5-19-39-34(24)36/h1-22H. The third kappa shape index (κ3) is 3.62. The Balaban J connectivity index is 1.41. The maximum Gasteiger partial charge on any atom is 0.0979 e. The molecule has 4 nitrogen and oxygen atoms in total. The van der Waals surface area contributed by atoms with Crippen molar-refractivity contribution < 1.29 is 0 Å². The van der Waals surface area contributed by atoms with Gasteiger partial charge in [-0.15, -0.1) is 0 Å². The van der Waals surface area contributed by atoms with Crippen LogP contribution in [0.15, 0.2) is 134 Å². The van der Waals surface area contributed by atoms with Crippen molar-refractivity contribution in [1.29, 1.82) is 0 Å². The summed E-state index contributed by atoms with van der Waals surface area (Å²) in [5.74, 6) is 0. The monoisotopic (exact) mass is 510 g/mol. The highest BCUT2D eigenvalue weighted by Gasteiger charge is 2.17. The van der Waals surface area contributed by atoms with E-state index in [1.165, 1.54) is 0 Å². The highest BCUT2D eigenvalue weighted by molar-refractivity contribution is 6.19. The maximum atomic E-state index is 5.21. The number of hydrogen-bond acceptors (Lipinski definition) is 4. The summed E-state index contributed by atoms with van der Waals surface area (Å²) in [4.78, 5) is 19.0. The molecule has 8 rings (SSSR count). The molecule has 0 atom stereocenters. The fraction of sp³-hybridized carbons (Fsp3) is 0. The summed E-state index contributed by atoms with van der Waals surface area (Å²) >= 11 is 0. The zero-order valence-corrected chi connectivity index (χ0v) is 21.5. The largest absolute Gasteiger partial charge is 0.264 e. The molecule has 0 aliphatic carbocycles. The summed E-state index contributed by atoms with van der Waals surface area (Å²) in [5.41, 5.74) is 10.4. The average molecular weight is 511 g/mol. The normalized spacial score (nSPS) is 11.5. The lowest BCUT2D eigenvalue weighted by atomic mass is 9.92. The molecule has 0 spiro atoms. The molecule has 186 valence electrons. The number of hydrogen-bond donors (Lipinski definition) is 0. The summed E-state index contributed by atoms with van der Waals surface area (Å²) in [5, 5.41) is 4.30. The number of rotatable bonds is 3. The number of nitrogens with zero attached hydrogens (tertiary/aromatic N) is 4. The van der Waals surface area contributed by atoms with Crippen molar-refractivity contribution in [2.45, 2.75) is 0 Å². The van der Waals surface area contributed by atoms with Gasteiger partial charge in [0.15, 0.2) is 0 Å². The van der Waals surface area contributed by atoms with E-state index in [1.54, 1.807) is 6.20 Å². The fourth-order valence-electron chi connectivity index (χ4n) is 5.72. The van der Waals surface area contributed by atoms with Gasteiger partial charge in [0.05, 0.1) is 22.1 Å². The lowest BCUT2D eigenvalue weighted by molar-refractivity contribution is 1.33. The van der Waals surface area contributed by atoms with Gasteiger partial charge in [0.25, 0.3) is 0 Å². The Kier molecular flexibility index (Phi) is 5.10. The van der Waals surface area contributed by atoms with Gasteiger partial charge in [-0.05, 0) is 52.6 Å². The van der Waals surface area contributed by atoms with Gasteiger partial charge in [-0.3, -0.25) is 15.0 Å². The highest BCUT2D eigenvalue weighted by atomic mass is 14.8. The Morgan fingerprint density at radius 2 is 0.925 bits per heavy atom. The minimum absolute atomic E-state index is 0.891. The van der Waals surface area contributed by atoms with E-state index < -0.39 is 0 Å². The first-order valence-corrected chi connectivity index (χ1v) is 13.3. The lowest BCUT2D eigenvalue weighted by Gasteiger charge is -2.15. The third-order valence-electron chi connectivity index (χ3n) is 7.60. The molecule has 0 aliphatic heterocycles. The topological polar surface area (TPSA) is 51.6 Å². The molecule has 0 saturated heterocycles. The molecular formula is C36H22N4. The van der Waals surface area contributed by atoms with E-state index >= 15 is 0 Å². The second-order valence-electron chi connectivity index (χ2n) is 9.96. The van der Waals surface area contributed by atoms with Crippen molar-refractivity contribution in [3.8, 4) is 33.4 Å². The van der Waals surface area contributed by atoms with Gasteiger partial charge in [-0.2, -0.15) is 0 Å². The Morgan fingerprint density at radius 3 is 1.52 bits per heavy atom. The average Bonchev–Trinajstić information content (AvgIpc) is 3.04. The molecule has 0 bridgehead atoms. The van der Waals surface area contributed by atoms with Crippen LogP contribution in [0.2, 0.25) is 0 Å². The van der Waals surface area contributed by atoms with E-state index in [9.17, 15) is 0 Å². The molecule has 0 N–H and O–H groups in total. The number of fused-ring (bicyclic) bond motifs is 6. The molecule has 0 amide bonds. The first-order chi connectivity index (χ1) is 19.8. The van der Waals surface area contributed by atoms with Gasteiger partial charge in [-0.1, -0.05) is 78.9 Å². The molecule has 40 heavy (non-hydrogen) atoms. The Labute approximate surface area is 230 Å². The van der Waals surface area contributed by atoms with Crippen molar-refractivity contribution >= 4 is 43.6 Å². The zero-order chi connectivity index (χ0) is 26.5. The molecular weight excluding hydrogens is 488 g/mol. The Bertz CT molecular complexity index is 2130. The molecule has 0 unspecified atom stereocenters. The molecule has 0 saturated carbocycles. The lowest BCUT2D eigenvalue weighted by Crippen LogP contribution is -1.94. The molecule has 4 aromatic carbocycles. The smallest absolute Gasteiger partial charge is 0.0979 e. The molecule has 8 aromatic rings. The Morgan fingerprint density at radius 1 is 0.400 bits per heavy atom. The SMILES string of the molecule is c1cncc(-c2cccc(-c3cccc(-c4c5ccc6cccnc6c5nc5c4ccc4cccnc45)c3)c2)c1. The molecule has 0 radical (unpaired) electrons. The van der Waals surface area contributed by atoms with Gasteiger partial charge in [0.1, 0.15) is 0 Å². The van der Waals surface area contributed by atoms with Crippen molar-refractivity contribution in [2.75, 3.05) is 0 Å². The van der Waals surface area contributed by atoms with E-state index in [2.05, 4.69) is 96.0 Å². The second kappa shape index (κ2) is 9.07. The van der Waals surface area contributed by atoms with Crippen molar-refractivity contribution in [1.82, 2.24) is 19.9 Å². The van der Waals surface area contributed by atoms with Crippen LogP contribution in [0, 0.1) is 0 Å². The number of pyridine rings is 4. The Hall–Kier alpha value is -5.48. The second-order valence-corrected chi connectivity index (χ2v) is 9.96. The fourth-order valence-corrected chi connectivity index (χ4v) is 5.72. The number of aromatic nitrogens is 4. The molecule has 4 heteroatoms. The third-order valence-corrected chi connectivity index (χ3v) is 7.60. The minimum atomic E-state index is 0.891. The van der Waals surface area contributed by atoms with Gasteiger partial charge in [0.2, 0.25) is 0 Å². The predicted octanol–water partition coefficient (Wildman–Crippen LogP) is 8.88. The summed E-state index contributed by atoms with van der Waals surface area (Å²) < 4.78 is 0. The summed E-state index contributed by atoms with van der Waals surface area (Å²) in [6.45, 7) is 0. The van der Waals surface area contributed by atoms with Crippen molar-refractivity contribution in [3.05, 3.63) is 134 Å². The van der Waals surface area contributed by atoms with Crippen LogP contribution >= 0.6 is 0 Å². The quantitative estimate of drug-likeness (QED) is 0.176. The predicted molar refractivity (Wildman–Crippen MR) is 164 cm³/mol. The van der Waals surface area contributed by atoms with Crippen LogP contribution in [0.3, 0.4) is 0 Å². The number of benzene rings is 4.